The van der Waals surface area contributed by atoms with E-state index in [0.29, 0.717) is 5.92 Å². The largest absolute Gasteiger partial charge is 0.354 e. The molecule has 33 heavy (non-hydrogen) atoms. The van der Waals surface area contributed by atoms with Crippen molar-refractivity contribution in [1.29, 1.82) is 0 Å². The van der Waals surface area contributed by atoms with Crippen LogP contribution < -0.4 is 10.9 Å². The molecular weight excluding hydrogens is 412 g/mol. The smallest absolute Gasteiger partial charge is 0.263 e. The van der Waals surface area contributed by atoms with Crippen molar-refractivity contribution in [2.75, 3.05) is 26.2 Å². The summed E-state index contributed by atoms with van der Waals surface area (Å²) in [5.74, 6) is 0.675. The number of benzene rings is 1. The number of H-pyrrole nitrogens is 1. The number of aryl methyl sites for hydroxylation is 1. The number of hydrogen-bond acceptors (Lipinski definition) is 3. The minimum Gasteiger partial charge on any atom is -0.354 e. The summed E-state index contributed by atoms with van der Waals surface area (Å²) in [6.07, 6.45) is 6.08. The summed E-state index contributed by atoms with van der Waals surface area (Å²) in [4.78, 5) is 32.1. The number of aromatic nitrogens is 2. The highest BCUT2D eigenvalue weighted by Gasteiger charge is 2.28. The Labute approximate surface area is 195 Å². The van der Waals surface area contributed by atoms with Gasteiger partial charge in [0.2, 0.25) is 0 Å². The third-order valence-corrected chi connectivity index (χ3v) is 7.40. The molecule has 0 aliphatic carbocycles. The lowest BCUT2D eigenvalue weighted by Gasteiger charge is -2.23. The molecule has 5 rings (SSSR count). The number of carbonyl (C=O) groups is 1. The van der Waals surface area contributed by atoms with Crippen LogP contribution in [0.5, 0.6) is 0 Å². The third kappa shape index (κ3) is 3.90. The van der Waals surface area contributed by atoms with Crippen LogP contribution in [0.4, 0.5) is 0 Å². The van der Waals surface area contributed by atoms with Gasteiger partial charge in [-0.3, -0.25) is 9.59 Å². The Hall–Kier alpha value is -2.86. The second kappa shape index (κ2) is 8.82. The second-order valence-electron chi connectivity index (χ2n) is 9.92. The number of fused-ring (bicyclic) bond motifs is 1. The van der Waals surface area contributed by atoms with Crippen molar-refractivity contribution in [2.24, 2.45) is 7.05 Å². The predicted molar refractivity (Wildman–Crippen MR) is 133 cm³/mol. The van der Waals surface area contributed by atoms with Crippen molar-refractivity contribution in [1.82, 2.24) is 19.8 Å². The van der Waals surface area contributed by atoms with Crippen LogP contribution in [0.25, 0.3) is 22.2 Å². The number of likely N-dealkylation sites (tertiary alicyclic amines) is 1. The zero-order valence-corrected chi connectivity index (χ0v) is 19.9. The Bertz CT molecular complexity index is 1240. The van der Waals surface area contributed by atoms with Crippen LogP contribution in [0.3, 0.4) is 0 Å². The lowest BCUT2D eigenvalue weighted by molar-refractivity contribution is 0.0791. The van der Waals surface area contributed by atoms with Crippen LogP contribution in [0, 0.1) is 0 Å². The zero-order valence-electron chi connectivity index (χ0n) is 19.9. The maximum Gasteiger partial charge on any atom is 0.263 e. The van der Waals surface area contributed by atoms with Crippen LogP contribution in [0.2, 0.25) is 0 Å². The van der Waals surface area contributed by atoms with Crippen molar-refractivity contribution in [2.45, 2.75) is 51.4 Å². The van der Waals surface area contributed by atoms with Crippen LogP contribution in [-0.4, -0.2) is 46.5 Å². The first-order valence-electron chi connectivity index (χ1n) is 12.3. The maximum absolute atomic E-state index is 13.5. The van der Waals surface area contributed by atoms with E-state index in [1.807, 2.05) is 11.0 Å². The number of carbonyl (C=O) groups excluding carboxylic acids is 1. The summed E-state index contributed by atoms with van der Waals surface area (Å²) in [6.45, 7) is 7.94. The van der Waals surface area contributed by atoms with E-state index in [1.165, 1.54) is 21.1 Å². The van der Waals surface area contributed by atoms with Crippen molar-refractivity contribution < 1.29 is 4.79 Å². The molecule has 0 bridgehead atoms. The standard InChI is InChI=1S/C27H34N4O2/c1-17(2)23-21-16-19(18-8-11-28-12-9-18)6-7-22(21)29-25(23)20-10-15-30(3)26(32)24(20)27(33)31-13-4-5-14-31/h6-7,10,15-18,28-29H,4-5,8-9,11-14H2,1-3H3. The predicted octanol–water partition coefficient (Wildman–Crippen LogP) is 4.36. The van der Waals surface area contributed by atoms with E-state index in [0.717, 1.165) is 68.6 Å². The van der Waals surface area contributed by atoms with E-state index in [9.17, 15) is 9.59 Å². The van der Waals surface area contributed by atoms with Crippen molar-refractivity contribution in [3.05, 3.63) is 57.5 Å². The fraction of sp³-hybridized carbons (Fsp3) is 0.481. The van der Waals surface area contributed by atoms with E-state index in [1.54, 1.807) is 13.2 Å². The molecule has 2 aromatic heterocycles. The number of aromatic amines is 1. The van der Waals surface area contributed by atoms with E-state index < -0.39 is 0 Å². The molecule has 4 heterocycles. The lowest BCUT2D eigenvalue weighted by Crippen LogP contribution is -2.35. The minimum atomic E-state index is -0.229. The van der Waals surface area contributed by atoms with Gasteiger partial charge in [0.1, 0.15) is 5.56 Å². The van der Waals surface area contributed by atoms with Crippen molar-refractivity contribution >= 4 is 16.8 Å². The van der Waals surface area contributed by atoms with Crippen LogP contribution in [-0.2, 0) is 7.05 Å². The number of piperidine rings is 1. The number of nitrogens with one attached hydrogen (secondary N) is 2. The molecule has 0 spiro atoms. The first-order valence-corrected chi connectivity index (χ1v) is 12.3. The zero-order chi connectivity index (χ0) is 23.1. The minimum absolute atomic E-state index is 0.146. The molecule has 0 unspecified atom stereocenters. The SMILES string of the molecule is CC(C)c1c(-c2ccn(C)c(=O)c2C(=O)N2CCCC2)[nH]c2ccc(C3CCNCC3)cc12. The van der Waals surface area contributed by atoms with Gasteiger partial charge in [0.25, 0.3) is 11.5 Å². The van der Waals surface area contributed by atoms with Crippen molar-refractivity contribution in [3.8, 4) is 11.3 Å². The van der Waals surface area contributed by atoms with Gasteiger partial charge < -0.3 is 19.8 Å². The quantitative estimate of drug-likeness (QED) is 0.626. The molecule has 2 fully saturated rings. The molecule has 3 aromatic rings. The number of rotatable bonds is 4. The molecular formula is C27H34N4O2. The summed E-state index contributed by atoms with van der Waals surface area (Å²) in [6, 6.07) is 8.67. The molecule has 2 aliphatic heterocycles. The summed E-state index contributed by atoms with van der Waals surface area (Å²) in [7, 11) is 1.72. The van der Waals surface area contributed by atoms with Gasteiger partial charge in [0.05, 0.1) is 5.69 Å². The molecule has 1 aromatic carbocycles. The molecule has 2 saturated heterocycles. The Kier molecular flexibility index (Phi) is 5.87. The van der Waals surface area contributed by atoms with E-state index in [2.05, 4.69) is 42.3 Å². The average Bonchev–Trinajstić information content (AvgIpc) is 3.48. The van der Waals surface area contributed by atoms with Gasteiger partial charge in [-0.05, 0) is 79.9 Å². The topological polar surface area (TPSA) is 70.1 Å². The fourth-order valence-electron chi connectivity index (χ4n) is 5.57. The monoisotopic (exact) mass is 446 g/mol. The fourth-order valence-corrected chi connectivity index (χ4v) is 5.57. The number of hydrogen-bond donors (Lipinski definition) is 2. The summed E-state index contributed by atoms with van der Waals surface area (Å²) < 4.78 is 1.51. The van der Waals surface area contributed by atoms with Gasteiger partial charge in [-0.15, -0.1) is 0 Å². The highest BCUT2D eigenvalue weighted by atomic mass is 16.2. The molecule has 174 valence electrons. The van der Waals surface area contributed by atoms with E-state index in [-0.39, 0.29) is 22.9 Å². The molecule has 0 radical (unpaired) electrons. The molecule has 2 aliphatic rings. The highest BCUT2D eigenvalue weighted by Crippen LogP contribution is 2.38. The van der Waals surface area contributed by atoms with Crippen LogP contribution in [0.1, 0.15) is 72.9 Å². The summed E-state index contributed by atoms with van der Waals surface area (Å²) in [5, 5.41) is 4.66. The normalized spacial score (nSPS) is 17.4. The molecule has 2 N–H and O–H groups in total. The summed E-state index contributed by atoms with van der Waals surface area (Å²) >= 11 is 0. The highest BCUT2D eigenvalue weighted by molar-refractivity contribution is 6.02. The second-order valence-corrected chi connectivity index (χ2v) is 9.92. The Morgan fingerprint density at radius 2 is 1.82 bits per heavy atom. The van der Waals surface area contributed by atoms with Gasteiger partial charge in [-0.2, -0.15) is 0 Å². The molecule has 1 amide bonds. The molecule has 6 heteroatoms. The van der Waals surface area contributed by atoms with Gasteiger partial charge in [0.15, 0.2) is 0 Å². The maximum atomic E-state index is 13.5. The Balaban J connectivity index is 1.68. The molecule has 6 nitrogen and oxygen atoms in total. The van der Waals surface area contributed by atoms with Gasteiger partial charge in [-0.1, -0.05) is 19.9 Å². The van der Waals surface area contributed by atoms with Crippen molar-refractivity contribution in [3.63, 3.8) is 0 Å². The number of nitrogens with zero attached hydrogens (tertiary/aromatic N) is 2. The Morgan fingerprint density at radius 1 is 1.09 bits per heavy atom. The van der Waals surface area contributed by atoms with Crippen LogP contribution >= 0.6 is 0 Å². The lowest BCUT2D eigenvalue weighted by atomic mass is 9.88. The molecule has 0 saturated carbocycles. The average molecular weight is 447 g/mol. The van der Waals surface area contributed by atoms with Crippen LogP contribution in [0.15, 0.2) is 35.3 Å². The van der Waals surface area contributed by atoms with Gasteiger partial charge in [0, 0.05) is 42.8 Å². The summed E-state index contributed by atoms with van der Waals surface area (Å²) in [5.41, 5.74) is 5.31. The third-order valence-electron chi connectivity index (χ3n) is 7.40. The molecule has 0 atom stereocenters. The number of pyridine rings is 1. The first kappa shape index (κ1) is 22.0. The number of amides is 1. The van der Waals surface area contributed by atoms with E-state index in [4.69, 9.17) is 0 Å². The van der Waals surface area contributed by atoms with E-state index >= 15 is 0 Å². The first-order chi connectivity index (χ1) is 16.0. The van der Waals surface area contributed by atoms with Gasteiger partial charge >= 0.3 is 0 Å². The Morgan fingerprint density at radius 3 is 2.52 bits per heavy atom. The van der Waals surface area contributed by atoms with Gasteiger partial charge in [-0.25, -0.2) is 0 Å².